The smallest absolute Gasteiger partial charge is 0.420 e. The summed E-state index contributed by atoms with van der Waals surface area (Å²) in [5.41, 5.74) is -0.809. The number of rotatable bonds is 3. The molecule has 2 aromatic carbocycles. The van der Waals surface area contributed by atoms with Crippen LogP contribution in [-0.2, 0) is 6.18 Å². The van der Waals surface area contributed by atoms with Crippen LogP contribution in [0.15, 0.2) is 42.5 Å². The number of hydrogen-bond acceptors (Lipinski definition) is 3. The molecule has 0 heterocycles. The number of hydrogen-bond donors (Lipinski definition) is 0. The molecule has 108 valence electrons. The maximum Gasteiger partial charge on any atom is 0.420 e. The lowest BCUT2D eigenvalue weighted by atomic mass is 10.1. The van der Waals surface area contributed by atoms with Crippen molar-refractivity contribution < 1.29 is 22.6 Å². The fraction of sp³-hybridized carbons (Fsp3) is 0.133. The van der Waals surface area contributed by atoms with Crippen LogP contribution in [-0.4, -0.2) is 7.11 Å². The molecular weight excluding hydrogens is 283 g/mol. The van der Waals surface area contributed by atoms with Crippen molar-refractivity contribution in [3.05, 3.63) is 53.6 Å². The molecule has 0 aliphatic carbocycles. The van der Waals surface area contributed by atoms with Crippen LogP contribution in [0.5, 0.6) is 17.2 Å². The standard InChI is InChI=1S/C15H10F3NO2/c1-20-11-6-7-14(12(8-11)15(16,17)18)21-13-5-3-2-4-10(13)9-19/h2-8H,1H3. The minimum Gasteiger partial charge on any atom is -0.497 e. The molecule has 0 spiro atoms. The van der Waals surface area contributed by atoms with E-state index in [2.05, 4.69) is 0 Å². The Morgan fingerprint density at radius 1 is 1.05 bits per heavy atom. The molecule has 0 unspecified atom stereocenters. The summed E-state index contributed by atoms with van der Waals surface area (Å²) in [7, 11) is 1.28. The second-order valence-electron chi connectivity index (χ2n) is 4.07. The highest BCUT2D eigenvalue weighted by atomic mass is 19.4. The number of para-hydroxylation sites is 1. The number of methoxy groups -OCH3 is 1. The van der Waals surface area contributed by atoms with Crippen LogP contribution in [0.25, 0.3) is 0 Å². The zero-order valence-corrected chi connectivity index (χ0v) is 10.9. The van der Waals surface area contributed by atoms with Crippen molar-refractivity contribution >= 4 is 0 Å². The SMILES string of the molecule is COc1ccc(Oc2ccccc2C#N)c(C(F)(F)F)c1. The number of nitriles is 1. The summed E-state index contributed by atoms with van der Waals surface area (Å²) in [6, 6.07) is 11.3. The highest BCUT2D eigenvalue weighted by molar-refractivity contribution is 5.48. The van der Waals surface area contributed by atoms with Gasteiger partial charge in [0.25, 0.3) is 0 Å². The Labute approximate surface area is 119 Å². The maximum atomic E-state index is 13.0. The van der Waals surface area contributed by atoms with Crippen LogP contribution in [0, 0.1) is 11.3 Å². The van der Waals surface area contributed by atoms with Crippen LogP contribution in [0.4, 0.5) is 13.2 Å². The van der Waals surface area contributed by atoms with E-state index in [0.717, 1.165) is 12.1 Å². The molecule has 0 N–H and O–H groups in total. The first kappa shape index (κ1) is 14.7. The van der Waals surface area contributed by atoms with E-state index in [1.165, 1.54) is 25.3 Å². The zero-order chi connectivity index (χ0) is 15.5. The summed E-state index contributed by atoms with van der Waals surface area (Å²) < 4.78 is 49.2. The first-order valence-electron chi connectivity index (χ1n) is 5.88. The van der Waals surface area contributed by atoms with Crippen LogP contribution >= 0.6 is 0 Å². The van der Waals surface area contributed by atoms with Gasteiger partial charge in [-0.25, -0.2) is 0 Å². The summed E-state index contributed by atoms with van der Waals surface area (Å²) in [5.74, 6) is -0.245. The summed E-state index contributed by atoms with van der Waals surface area (Å²) in [5, 5.41) is 8.94. The molecule has 0 radical (unpaired) electrons. The topological polar surface area (TPSA) is 42.2 Å². The molecule has 0 amide bonds. The lowest BCUT2D eigenvalue weighted by Crippen LogP contribution is -2.07. The largest absolute Gasteiger partial charge is 0.497 e. The molecule has 6 heteroatoms. The maximum absolute atomic E-state index is 13.0. The van der Waals surface area contributed by atoms with Gasteiger partial charge in [0, 0.05) is 0 Å². The van der Waals surface area contributed by atoms with E-state index in [-0.39, 0.29) is 22.8 Å². The van der Waals surface area contributed by atoms with Crippen molar-refractivity contribution in [1.29, 1.82) is 5.26 Å². The lowest BCUT2D eigenvalue weighted by Gasteiger charge is -2.15. The van der Waals surface area contributed by atoms with Crippen molar-refractivity contribution in [3.63, 3.8) is 0 Å². The molecule has 0 fully saturated rings. The van der Waals surface area contributed by atoms with E-state index in [1.54, 1.807) is 12.1 Å². The first-order valence-corrected chi connectivity index (χ1v) is 5.88. The Hall–Kier alpha value is -2.68. The van der Waals surface area contributed by atoms with Crippen molar-refractivity contribution in [2.24, 2.45) is 0 Å². The number of nitrogens with zero attached hydrogens (tertiary/aromatic N) is 1. The average Bonchev–Trinajstić information content (AvgIpc) is 2.47. The van der Waals surface area contributed by atoms with Crippen LogP contribution < -0.4 is 9.47 Å². The second kappa shape index (κ2) is 5.75. The second-order valence-corrected chi connectivity index (χ2v) is 4.07. The molecule has 0 bridgehead atoms. The first-order chi connectivity index (χ1) is 9.95. The van der Waals surface area contributed by atoms with E-state index in [4.69, 9.17) is 14.7 Å². The van der Waals surface area contributed by atoms with Gasteiger partial charge >= 0.3 is 6.18 Å². The molecule has 0 aliphatic rings. The molecule has 2 aromatic rings. The molecular formula is C15H10F3NO2. The van der Waals surface area contributed by atoms with E-state index in [0.29, 0.717) is 0 Å². The predicted octanol–water partition coefficient (Wildman–Crippen LogP) is 4.38. The average molecular weight is 293 g/mol. The van der Waals surface area contributed by atoms with Crippen molar-refractivity contribution in [3.8, 4) is 23.3 Å². The molecule has 0 atom stereocenters. The number of alkyl halides is 3. The number of ether oxygens (including phenoxy) is 2. The number of halogens is 3. The third-order valence-electron chi connectivity index (χ3n) is 2.72. The lowest BCUT2D eigenvalue weighted by molar-refractivity contribution is -0.138. The van der Waals surface area contributed by atoms with Gasteiger partial charge in [0.05, 0.1) is 12.7 Å². The summed E-state index contributed by atoms with van der Waals surface area (Å²) in [6.07, 6.45) is -4.59. The Balaban J connectivity index is 2.47. The van der Waals surface area contributed by atoms with Crippen molar-refractivity contribution in [1.82, 2.24) is 0 Å². The fourth-order valence-electron chi connectivity index (χ4n) is 1.71. The van der Waals surface area contributed by atoms with Gasteiger partial charge in [0.1, 0.15) is 28.9 Å². The summed E-state index contributed by atoms with van der Waals surface area (Å²) in [6.45, 7) is 0. The van der Waals surface area contributed by atoms with Crippen LogP contribution in [0.2, 0.25) is 0 Å². The minimum atomic E-state index is -4.59. The Morgan fingerprint density at radius 2 is 1.76 bits per heavy atom. The summed E-state index contributed by atoms with van der Waals surface area (Å²) >= 11 is 0. The molecule has 2 rings (SSSR count). The Kier molecular flexibility index (Phi) is 4.03. The molecule has 0 saturated carbocycles. The minimum absolute atomic E-state index is 0.0654. The van der Waals surface area contributed by atoms with E-state index in [1.807, 2.05) is 6.07 Å². The van der Waals surface area contributed by atoms with Crippen molar-refractivity contribution in [2.45, 2.75) is 6.18 Å². The van der Waals surface area contributed by atoms with Crippen LogP contribution in [0.1, 0.15) is 11.1 Å². The zero-order valence-electron chi connectivity index (χ0n) is 10.9. The molecule has 3 nitrogen and oxygen atoms in total. The number of benzene rings is 2. The van der Waals surface area contributed by atoms with Gasteiger partial charge in [0.15, 0.2) is 0 Å². The molecule has 0 aromatic heterocycles. The van der Waals surface area contributed by atoms with E-state index >= 15 is 0 Å². The van der Waals surface area contributed by atoms with Gasteiger partial charge in [-0.15, -0.1) is 0 Å². The monoisotopic (exact) mass is 293 g/mol. The van der Waals surface area contributed by atoms with Gasteiger partial charge in [-0.3, -0.25) is 0 Å². The van der Waals surface area contributed by atoms with Gasteiger partial charge in [-0.2, -0.15) is 18.4 Å². The Bertz CT molecular complexity index is 690. The highest BCUT2D eigenvalue weighted by Gasteiger charge is 2.35. The third kappa shape index (κ3) is 3.26. The third-order valence-corrected chi connectivity index (χ3v) is 2.72. The normalized spacial score (nSPS) is 10.8. The highest BCUT2D eigenvalue weighted by Crippen LogP contribution is 2.40. The van der Waals surface area contributed by atoms with Gasteiger partial charge in [-0.05, 0) is 30.3 Å². The Morgan fingerprint density at radius 3 is 2.38 bits per heavy atom. The summed E-state index contributed by atoms with van der Waals surface area (Å²) in [4.78, 5) is 0. The molecule has 0 saturated heterocycles. The van der Waals surface area contributed by atoms with Gasteiger partial charge < -0.3 is 9.47 Å². The van der Waals surface area contributed by atoms with E-state index in [9.17, 15) is 13.2 Å². The fourth-order valence-corrected chi connectivity index (χ4v) is 1.71. The van der Waals surface area contributed by atoms with Crippen LogP contribution in [0.3, 0.4) is 0 Å². The van der Waals surface area contributed by atoms with Crippen molar-refractivity contribution in [2.75, 3.05) is 7.11 Å². The quantitative estimate of drug-likeness (QED) is 0.843. The molecule has 0 aliphatic heterocycles. The predicted molar refractivity (Wildman–Crippen MR) is 69.2 cm³/mol. The van der Waals surface area contributed by atoms with Gasteiger partial charge in [0.2, 0.25) is 0 Å². The molecule has 21 heavy (non-hydrogen) atoms. The van der Waals surface area contributed by atoms with Gasteiger partial charge in [-0.1, -0.05) is 12.1 Å². The van der Waals surface area contributed by atoms with E-state index < -0.39 is 11.7 Å².